The van der Waals surface area contributed by atoms with Gasteiger partial charge in [0.1, 0.15) is 5.82 Å². The first kappa shape index (κ1) is 20.6. The summed E-state index contributed by atoms with van der Waals surface area (Å²) in [4.78, 5) is 3.89. The number of nitrogens with two attached hydrogens (primary N) is 1. The van der Waals surface area contributed by atoms with Crippen molar-refractivity contribution in [1.29, 1.82) is 0 Å². The number of halogens is 3. The van der Waals surface area contributed by atoms with Gasteiger partial charge in [-0.15, -0.1) is 0 Å². The van der Waals surface area contributed by atoms with Crippen molar-refractivity contribution in [2.45, 2.75) is 63.6 Å². The highest BCUT2D eigenvalue weighted by Crippen LogP contribution is 2.37. The lowest BCUT2D eigenvalue weighted by atomic mass is 9.84. The minimum atomic E-state index is -4.53. The zero-order valence-corrected chi connectivity index (χ0v) is 15.9. The molecule has 6 heteroatoms. The number of hydrogen-bond donors (Lipinski definition) is 2. The van der Waals surface area contributed by atoms with Gasteiger partial charge in [0.2, 0.25) is 0 Å². The molecular formula is C22H27F3N2O. The van der Waals surface area contributed by atoms with E-state index in [0.717, 1.165) is 18.1 Å². The summed E-state index contributed by atoms with van der Waals surface area (Å²) in [6.45, 7) is 4.14. The van der Waals surface area contributed by atoms with Gasteiger partial charge < -0.3 is 10.8 Å². The summed E-state index contributed by atoms with van der Waals surface area (Å²) in [6, 6.07) is 5.33. The summed E-state index contributed by atoms with van der Waals surface area (Å²) in [6.07, 6.45) is 2.86. The number of rotatable bonds is 6. The highest BCUT2D eigenvalue weighted by atomic mass is 19.4. The molecule has 0 saturated heterocycles. The third-order valence-electron chi connectivity index (χ3n) is 5.63. The van der Waals surface area contributed by atoms with E-state index in [2.05, 4.69) is 11.6 Å². The van der Waals surface area contributed by atoms with Gasteiger partial charge in [0.05, 0.1) is 17.2 Å². The fraction of sp³-hybridized carbons (Fsp3) is 0.500. The van der Waals surface area contributed by atoms with Gasteiger partial charge >= 0.3 is 6.18 Å². The second-order valence-corrected chi connectivity index (χ2v) is 7.85. The van der Waals surface area contributed by atoms with E-state index in [1.54, 1.807) is 6.07 Å². The van der Waals surface area contributed by atoms with Crippen LogP contribution in [0.25, 0.3) is 10.9 Å². The minimum Gasteiger partial charge on any atom is -0.388 e. The molecule has 1 unspecified atom stereocenters. The number of benzene rings is 1. The Bertz CT molecular complexity index is 842. The van der Waals surface area contributed by atoms with Crippen molar-refractivity contribution in [2.75, 3.05) is 5.73 Å². The molecule has 3 N–H and O–H groups in total. The molecule has 2 aromatic rings. The van der Waals surface area contributed by atoms with Crippen molar-refractivity contribution in [2.24, 2.45) is 5.92 Å². The third-order valence-corrected chi connectivity index (χ3v) is 5.63. The number of anilines is 1. The fourth-order valence-corrected chi connectivity index (χ4v) is 4.20. The highest BCUT2D eigenvalue weighted by Gasteiger charge is 2.33. The maximum Gasteiger partial charge on any atom is 0.418 e. The van der Waals surface area contributed by atoms with Crippen LogP contribution < -0.4 is 5.73 Å². The number of nitrogens with zero attached hydrogens (tertiary/aromatic N) is 1. The number of aliphatic hydroxyl groups is 1. The first-order valence-electron chi connectivity index (χ1n) is 9.86. The Kier molecular flexibility index (Phi) is 6.28. The SMILES string of the molecule is C=C(CCC(O)c1cc(N)nc2c(C(F)(F)F)cccc12)CC1CCCCC1. The van der Waals surface area contributed by atoms with Gasteiger partial charge in [0.25, 0.3) is 0 Å². The number of pyridine rings is 1. The molecule has 0 amide bonds. The highest BCUT2D eigenvalue weighted by molar-refractivity contribution is 5.87. The van der Waals surface area contributed by atoms with Crippen molar-refractivity contribution in [1.82, 2.24) is 4.98 Å². The quantitative estimate of drug-likeness (QED) is 0.578. The molecule has 0 aliphatic heterocycles. The van der Waals surface area contributed by atoms with Gasteiger partial charge in [0, 0.05) is 5.39 Å². The Morgan fingerprint density at radius 3 is 2.64 bits per heavy atom. The van der Waals surface area contributed by atoms with E-state index in [4.69, 9.17) is 5.73 Å². The standard InChI is InChI=1S/C22H27F3N2O/c1-14(12-15-6-3-2-4-7-15)10-11-19(28)17-13-20(26)27-21-16(17)8-5-9-18(21)22(23,24)25/h5,8-9,13,15,19,28H,1-4,6-7,10-12H2,(H2,26,27). The second-order valence-electron chi connectivity index (χ2n) is 7.85. The van der Waals surface area contributed by atoms with Crippen LogP contribution in [0.3, 0.4) is 0 Å². The first-order chi connectivity index (χ1) is 13.3. The van der Waals surface area contributed by atoms with Crippen LogP contribution in [0.1, 0.15) is 68.6 Å². The Morgan fingerprint density at radius 1 is 1.25 bits per heavy atom. The number of aliphatic hydroxyl groups excluding tert-OH is 1. The average molecular weight is 392 g/mol. The molecule has 1 fully saturated rings. The van der Waals surface area contributed by atoms with Crippen molar-refractivity contribution in [3.05, 3.63) is 47.5 Å². The predicted molar refractivity (Wildman–Crippen MR) is 106 cm³/mol. The fourth-order valence-electron chi connectivity index (χ4n) is 4.20. The molecule has 0 bridgehead atoms. The van der Waals surface area contributed by atoms with Crippen LogP contribution in [0.2, 0.25) is 0 Å². The van der Waals surface area contributed by atoms with Crippen LogP contribution in [0.15, 0.2) is 36.4 Å². The maximum absolute atomic E-state index is 13.3. The molecule has 1 aliphatic rings. The van der Waals surface area contributed by atoms with E-state index < -0.39 is 17.8 Å². The lowest BCUT2D eigenvalue weighted by Crippen LogP contribution is -2.10. The molecule has 1 aromatic carbocycles. The van der Waals surface area contributed by atoms with Crippen LogP contribution in [0.5, 0.6) is 0 Å². The molecule has 1 atom stereocenters. The van der Waals surface area contributed by atoms with Crippen LogP contribution in [-0.4, -0.2) is 10.1 Å². The first-order valence-corrected chi connectivity index (χ1v) is 9.86. The van der Waals surface area contributed by atoms with Crippen LogP contribution in [0.4, 0.5) is 19.0 Å². The number of alkyl halides is 3. The lowest BCUT2D eigenvalue weighted by Gasteiger charge is -2.23. The van der Waals surface area contributed by atoms with Gasteiger partial charge in [-0.1, -0.05) is 56.4 Å². The van der Waals surface area contributed by atoms with E-state index in [-0.39, 0.29) is 16.7 Å². The molecule has 3 nitrogen and oxygen atoms in total. The molecule has 1 heterocycles. The number of allylic oxidation sites excluding steroid dienone is 1. The number of hydrogen-bond acceptors (Lipinski definition) is 3. The number of aromatic nitrogens is 1. The summed E-state index contributed by atoms with van der Waals surface area (Å²) >= 11 is 0. The summed E-state index contributed by atoms with van der Waals surface area (Å²) < 4.78 is 39.9. The maximum atomic E-state index is 13.3. The van der Waals surface area contributed by atoms with Crippen molar-refractivity contribution in [3.8, 4) is 0 Å². The largest absolute Gasteiger partial charge is 0.418 e. The van der Waals surface area contributed by atoms with Crippen LogP contribution >= 0.6 is 0 Å². The lowest BCUT2D eigenvalue weighted by molar-refractivity contribution is -0.136. The topological polar surface area (TPSA) is 59.1 Å². The second kappa shape index (κ2) is 8.52. The van der Waals surface area contributed by atoms with Gasteiger partial charge in [-0.2, -0.15) is 13.2 Å². The molecule has 28 heavy (non-hydrogen) atoms. The van der Waals surface area contributed by atoms with Crippen LogP contribution in [-0.2, 0) is 6.18 Å². The van der Waals surface area contributed by atoms with E-state index in [9.17, 15) is 18.3 Å². The minimum absolute atomic E-state index is 0.0284. The van der Waals surface area contributed by atoms with Crippen molar-refractivity contribution < 1.29 is 18.3 Å². The van der Waals surface area contributed by atoms with Crippen molar-refractivity contribution >= 4 is 16.7 Å². The molecule has 0 radical (unpaired) electrons. The average Bonchev–Trinajstić information content (AvgIpc) is 2.65. The summed E-state index contributed by atoms with van der Waals surface area (Å²) in [7, 11) is 0. The van der Waals surface area contributed by atoms with E-state index in [1.165, 1.54) is 44.2 Å². The molecule has 152 valence electrons. The molecule has 1 aliphatic carbocycles. The van der Waals surface area contributed by atoms with Gasteiger partial charge in [-0.05, 0) is 42.9 Å². The molecule has 0 spiro atoms. The predicted octanol–water partition coefficient (Wildman–Crippen LogP) is 6.18. The Balaban J connectivity index is 1.76. The molecule has 1 saturated carbocycles. The van der Waals surface area contributed by atoms with E-state index in [0.29, 0.717) is 24.3 Å². The Hall–Kier alpha value is -2.08. The van der Waals surface area contributed by atoms with Gasteiger partial charge in [0.15, 0.2) is 0 Å². The smallest absolute Gasteiger partial charge is 0.388 e. The van der Waals surface area contributed by atoms with Gasteiger partial charge in [-0.25, -0.2) is 4.98 Å². The monoisotopic (exact) mass is 392 g/mol. The molecule has 3 rings (SSSR count). The zero-order valence-electron chi connectivity index (χ0n) is 15.9. The summed E-state index contributed by atoms with van der Waals surface area (Å²) in [5.41, 5.74) is 6.17. The van der Waals surface area contributed by atoms with Gasteiger partial charge in [-0.3, -0.25) is 0 Å². The Morgan fingerprint density at radius 2 is 1.96 bits per heavy atom. The van der Waals surface area contributed by atoms with E-state index >= 15 is 0 Å². The third kappa shape index (κ3) is 4.85. The normalized spacial score (nSPS) is 17.0. The number of nitrogen functional groups attached to an aromatic ring is 1. The molecular weight excluding hydrogens is 365 g/mol. The number of para-hydroxylation sites is 1. The van der Waals surface area contributed by atoms with Crippen molar-refractivity contribution in [3.63, 3.8) is 0 Å². The van der Waals surface area contributed by atoms with E-state index in [1.807, 2.05) is 0 Å². The molecule has 1 aromatic heterocycles. The summed E-state index contributed by atoms with van der Waals surface area (Å²) in [5.74, 6) is 0.643. The number of fused-ring (bicyclic) bond motifs is 1. The summed E-state index contributed by atoms with van der Waals surface area (Å²) in [5, 5.41) is 11.0. The zero-order chi connectivity index (χ0) is 20.3. The van der Waals surface area contributed by atoms with Crippen LogP contribution in [0, 0.1) is 5.92 Å². The Labute approximate surface area is 163 Å².